The molecule has 1 fully saturated rings. The first-order valence-electron chi connectivity index (χ1n) is 11.9. The highest BCUT2D eigenvalue weighted by Crippen LogP contribution is 2.22. The minimum absolute atomic E-state index is 0.406. The number of hydrogen-bond acceptors (Lipinski definition) is 5. The van der Waals surface area contributed by atoms with Crippen LogP contribution in [0.25, 0.3) is 17.2 Å². The zero-order valence-corrected chi connectivity index (χ0v) is 20.1. The smallest absolute Gasteiger partial charge is 0.329 e. The fraction of sp³-hybridized carbons (Fsp3) is 0.296. The third kappa shape index (κ3) is 4.83. The Kier molecular flexibility index (Phi) is 6.37. The van der Waals surface area contributed by atoms with Crippen molar-refractivity contribution in [2.75, 3.05) is 31.1 Å². The monoisotopic (exact) mass is 470 g/mol. The van der Waals surface area contributed by atoms with E-state index in [1.165, 1.54) is 15.7 Å². The van der Waals surface area contributed by atoms with E-state index in [0.717, 1.165) is 44.2 Å². The van der Waals surface area contributed by atoms with E-state index in [0.29, 0.717) is 17.7 Å². The number of aryl methyl sites for hydroxylation is 2. The number of H-pyrrole nitrogens is 1. The highest BCUT2D eigenvalue weighted by Gasteiger charge is 2.24. The molecular formula is C27H30N6O2. The van der Waals surface area contributed by atoms with Crippen LogP contribution in [0.5, 0.6) is 0 Å². The third-order valence-electron chi connectivity index (χ3n) is 6.57. The number of nitrogens with one attached hydrogen (secondary N) is 1. The van der Waals surface area contributed by atoms with Crippen LogP contribution in [0, 0.1) is 6.92 Å². The Labute approximate surface area is 203 Å². The summed E-state index contributed by atoms with van der Waals surface area (Å²) in [6.07, 6.45) is 4.06. The van der Waals surface area contributed by atoms with Crippen molar-refractivity contribution in [1.82, 2.24) is 24.0 Å². The van der Waals surface area contributed by atoms with E-state index in [1.54, 1.807) is 7.05 Å². The molecule has 1 aliphatic rings. The minimum Gasteiger partial charge on any atom is -0.340 e. The highest BCUT2D eigenvalue weighted by molar-refractivity contribution is 5.74. The van der Waals surface area contributed by atoms with Crippen LogP contribution in [0.1, 0.15) is 16.7 Å². The fourth-order valence-corrected chi connectivity index (χ4v) is 4.55. The average molecular weight is 471 g/mol. The zero-order chi connectivity index (χ0) is 24.4. The minimum atomic E-state index is -0.457. The SMILES string of the molecule is Cc1ccc(CN2CCN(c3nc4c(c(=O)[nH]c(=O)n4C)n3CC=Cc3ccccc3)CC2)cc1. The number of piperazine rings is 1. The quantitative estimate of drug-likeness (QED) is 0.469. The molecule has 3 heterocycles. The number of anilines is 1. The molecule has 0 saturated carbocycles. The molecule has 2 aromatic carbocycles. The molecule has 0 spiro atoms. The van der Waals surface area contributed by atoms with Crippen LogP contribution in [0.3, 0.4) is 0 Å². The van der Waals surface area contributed by atoms with E-state index in [-0.39, 0.29) is 0 Å². The van der Waals surface area contributed by atoms with Gasteiger partial charge in [0.25, 0.3) is 5.56 Å². The predicted octanol–water partition coefficient (Wildman–Crippen LogP) is 2.77. The third-order valence-corrected chi connectivity index (χ3v) is 6.57. The van der Waals surface area contributed by atoms with Gasteiger partial charge in [-0.2, -0.15) is 4.98 Å². The van der Waals surface area contributed by atoms with Crippen LogP contribution in [0.2, 0.25) is 0 Å². The van der Waals surface area contributed by atoms with Gasteiger partial charge in [0, 0.05) is 46.3 Å². The lowest BCUT2D eigenvalue weighted by Gasteiger charge is -2.35. The molecule has 0 aliphatic carbocycles. The molecule has 8 heteroatoms. The van der Waals surface area contributed by atoms with Gasteiger partial charge >= 0.3 is 5.69 Å². The summed E-state index contributed by atoms with van der Waals surface area (Å²) in [5, 5.41) is 0. The van der Waals surface area contributed by atoms with Crippen LogP contribution in [0.4, 0.5) is 5.95 Å². The lowest BCUT2D eigenvalue weighted by molar-refractivity contribution is 0.248. The van der Waals surface area contributed by atoms with E-state index in [9.17, 15) is 9.59 Å². The van der Waals surface area contributed by atoms with Crippen molar-refractivity contribution in [3.63, 3.8) is 0 Å². The lowest BCUT2D eigenvalue weighted by atomic mass is 10.1. The van der Waals surface area contributed by atoms with E-state index in [2.05, 4.69) is 46.0 Å². The maximum atomic E-state index is 12.8. The van der Waals surface area contributed by atoms with Gasteiger partial charge in [0.05, 0.1) is 0 Å². The number of hydrogen-bond donors (Lipinski definition) is 1. The number of aromatic nitrogens is 4. The van der Waals surface area contributed by atoms with Crippen LogP contribution in [-0.2, 0) is 20.1 Å². The summed E-state index contributed by atoms with van der Waals surface area (Å²) in [6, 6.07) is 18.7. The van der Waals surface area contributed by atoms with Crippen molar-refractivity contribution in [3.05, 3.63) is 98.2 Å². The second-order valence-electron chi connectivity index (χ2n) is 9.07. The summed E-state index contributed by atoms with van der Waals surface area (Å²) < 4.78 is 3.33. The summed E-state index contributed by atoms with van der Waals surface area (Å²) in [5.41, 5.74) is 3.62. The van der Waals surface area contributed by atoms with Crippen molar-refractivity contribution in [1.29, 1.82) is 0 Å². The normalized spacial score (nSPS) is 14.9. The van der Waals surface area contributed by atoms with Crippen LogP contribution < -0.4 is 16.1 Å². The van der Waals surface area contributed by atoms with E-state index in [4.69, 9.17) is 4.98 Å². The molecule has 180 valence electrons. The zero-order valence-electron chi connectivity index (χ0n) is 20.1. The van der Waals surface area contributed by atoms with Crippen LogP contribution >= 0.6 is 0 Å². The molecule has 0 unspecified atom stereocenters. The van der Waals surface area contributed by atoms with Crippen molar-refractivity contribution in [3.8, 4) is 0 Å². The van der Waals surface area contributed by atoms with Crippen LogP contribution in [-0.4, -0.2) is 50.2 Å². The number of rotatable bonds is 6. The van der Waals surface area contributed by atoms with Gasteiger partial charge < -0.3 is 9.47 Å². The van der Waals surface area contributed by atoms with Crippen LogP contribution in [0.15, 0.2) is 70.3 Å². The van der Waals surface area contributed by atoms with Gasteiger partial charge in [0.15, 0.2) is 11.2 Å². The molecule has 1 N–H and O–H groups in total. The Hall–Kier alpha value is -3.91. The second kappa shape index (κ2) is 9.76. The molecule has 0 atom stereocenters. The summed E-state index contributed by atoms with van der Waals surface area (Å²) in [7, 11) is 1.64. The Morgan fingerprint density at radius 3 is 2.40 bits per heavy atom. The van der Waals surface area contributed by atoms with E-state index < -0.39 is 11.2 Å². The number of imidazole rings is 1. The van der Waals surface area contributed by atoms with E-state index >= 15 is 0 Å². The Morgan fingerprint density at radius 2 is 1.69 bits per heavy atom. The number of benzene rings is 2. The Morgan fingerprint density at radius 1 is 0.971 bits per heavy atom. The molecule has 4 aromatic rings. The summed E-state index contributed by atoms with van der Waals surface area (Å²) in [6.45, 7) is 6.87. The molecule has 0 radical (unpaired) electrons. The van der Waals surface area contributed by atoms with E-state index in [1.807, 2.05) is 47.1 Å². The maximum Gasteiger partial charge on any atom is 0.329 e. The Balaban J connectivity index is 1.41. The highest BCUT2D eigenvalue weighted by atomic mass is 16.2. The molecule has 5 rings (SSSR count). The molecule has 0 bridgehead atoms. The topological polar surface area (TPSA) is 79.2 Å². The van der Waals surface area contributed by atoms with Crippen molar-refractivity contribution >= 4 is 23.2 Å². The first kappa shape index (κ1) is 22.9. The Bertz CT molecular complexity index is 1460. The van der Waals surface area contributed by atoms with Gasteiger partial charge in [0.1, 0.15) is 0 Å². The first-order chi connectivity index (χ1) is 17.0. The van der Waals surface area contributed by atoms with Crippen molar-refractivity contribution in [2.45, 2.75) is 20.0 Å². The molecule has 1 saturated heterocycles. The van der Waals surface area contributed by atoms with Crippen molar-refractivity contribution in [2.24, 2.45) is 7.05 Å². The molecule has 2 aromatic heterocycles. The van der Waals surface area contributed by atoms with Crippen molar-refractivity contribution < 1.29 is 0 Å². The number of allylic oxidation sites excluding steroid dienone is 1. The summed E-state index contributed by atoms with van der Waals surface area (Å²) in [5.74, 6) is 0.722. The lowest BCUT2D eigenvalue weighted by Crippen LogP contribution is -2.46. The first-order valence-corrected chi connectivity index (χ1v) is 11.9. The predicted molar refractivity (Wildman–Crippen MR) is 140 cm³/mol. The van der Waals surface area contributed by atoms with Gasteiger partial charge in [-0.3, -0.25) is 19.2 Å². The number of nitrogens with zero attached hydrogens (tertiary/aromatic N) is 5. The second-order valence-corrected chi connectivity index (χ2v) is 9.07. The number of fused-ring (bicyclic) bond motifs is 1. The molecule has 1 aliphatic heterocycles. The van der Waals surface area contributed by atoms with Gasteiger partial charge in [-0.15, -0.1) is 0 Å². The number of aromatic amines is 1. The molecule has 0 amide bonds. The standard InChI is InChI=1S/C27H30N6O2/c1-20-10-12-22(13-11-20)19-31-15-17-32(18-16-31)26-28-24-23(25(34)29-27(35)30(24)2)33(26)14-6-9-21-7-4-3-5-8-21/h3-13H,14-19H2,1-2H3,(H,29,34,35). The molecule has 8 nitrogen and oxygen atoms in total. The van der Waals surface area contributed by atoms with Gasteiger partial charge in [-0.1, -0.05) is 72.3 Å². The van der Waals surface area contributed by atoms with Gasteiger partial charge in [-0.25, -0.2) is 4.79 Å². The summed E-state index contributed by atoms with van der Waals surface area (Å²) in [4.78, 5) is 36.9. The van der Waals surface area contributed by atoms with Gasteiger partial charge in [0.2, 0.25) is 5.95 Å². The molecule has 35 heavy (non-hydrogen) atoms. The van der Waals surface area contributed by atoms with Gasteiger partial charge in [-0.05, 0) is 18.1 Å². The summed E-state index contributed by atoms with van der Waals surface area (Å²) >= 11 is 0. The largest absolute Gasteiger partial charge is 0.340 e. The fourth-order valence-electron chi connectivity index (χ4n) is 4.55. The maximum absolute atomic E-state index is 12.8. The molecular weight excluding hydrogens is 440 g/mol. The average Bonchev–Trinajstić information content (AvgIpc) is 3.25.